The van der Waals surface area contributed by atoms with Crippen LogP contribution in [0, 0.1) is 0 Å². The summed E-state index contributed by atoms with van der Waals surface area (Å²) in [4.78, 5) is 9.83. The maximum atomic E-state index is 9.83. The first-order valence-electron chi connectivity index (χ1n) is 2.01. The van der Waals surface area contributed by atoms with E-state index in [1.165, 1.54) is 4.57 Å². The summed E-state index contributed by atoms with van der Waals surface area (Å²) in [5, 5.41) is 0. The second kappa shape index (κ2) is 1.60. The summed E-state index contributed by atoms with van der Waals surface area (Å²) in [5.74, 6) is 0. The summed E-state index contributed by atoms with van der Waals surface area (Å²) in [6, 6.07) is 3.60. The Morgan fingerprint density at radius 3 is 2.14 bits per heavy atom. The van der Waals surface area contributed by atoms with E-state index in [-0.39, 0.29) is 0 Å². The van der Waals surface area contributed by atoms with Gasteiger partial charge in [0.25, 0.3) is 0 Å². The predicted molar refractivity (Wildman–Crippen MR) is 26.6 cm³/mol. The van der Waals surface area contributed by atoms with Crippen molar-refractivity contribution in [2.45, 2.75) is 0 Å². The predicted octanol–water partition coefficient (Wildman–Crippen LogP) is 0.526. The van der Waals surface area contributed by atoms with Gasteiger partial charge in [-0.3, -0.25) is 9.36 Å². The number of hydrogen-bond acceptors (Lipinski definition) is 1. The molecule has 0 aliphatic carbocycles. The average Bonchev–Trinajstić information content (AvgIpc) is 2.14. The van der Waals surface area contributed by atoms with Gasteiger partial charge in [-0.2, -0.15) is 0 Å². The smallest absolute Gasteiger partial charge is 0.217 e. The number of hydrogen-bond donors (Lipinski definition) is 0. The van der Waals surface area contributed by atoms with Gasteiger partial charge in [0.05, 0.1) is 0 Å². The Morgan fingerprint density at radius 2 is 1.86 bits per heavy atom. The third-order valence-corrected chi connectivity index (χ3v) is 0.749. The molecule has 2 nitrogen and oxygen atoms in total. The number of carbonyl (C=O) groups excluding carboxylic acids is 1. The highest BCUT2D eigenvalue weighted by molar-refractivity contribution is 5.51. The van der Waals surface area contributed by atoms with E-state index in [0.29, 0.717) is 0 Å². The van der Waals surface area contributed by atoms with E-state index in [2.05, 4.69) is 0 Å². The van der Waals surface area contributed by atoms with Crippen LogP contribution in [0.3, 0.4) is 0 Å². The van der Waals surface area contributed by atoms with Crippen molar-refractivity contribution < 1.29 is 4.79 Å². The Kier molecular flexibility index (Phi) is 0.941. The second-order valence-electron chi connectivity index (χ2n) is 1.24. The molecule has 1 aromatic rings. The zero-order valence-corrected chi connectivity index (χ0v) is 3.74. The standard InChI is InChI=1S/C5H5NO/c7-5-6-3-1-2-4-6/h1-5H. The minimum absolute atomic E-state index is 0.750. The van der Waals surface area contributed by atoms with Crippen LogP contribution in [-0.2, 0) is 4.79 Å². The molecule has 2 heteroatoms. The number of carbonyl (C=O) groups is 1. The number of rotatable bonds is 1. The topological polar surface area (TPSA) is 22.0 Å². The van der Waals surface area contributed by atoms with Crippen LogP contribution >= 0.6 is 0 Å². The fraction of sp³-hybridized carbons (Fsp3) is 0. The summed E-state index contributed by atoms with van der Waals surface area (Å²) >= 11 is 0. The molecule has 0 fully saturated rings. The van der Waals surface area contributed by atoms with Crippen LogP contribution in [0.1, 0.15) is 0 Å². The minimum atomic E-state index is 0.750. The molecule has 0 aliphatic rings. The van der Waals surface area contributed by atoms with Gasteiger partial charge in [0.1, 0.15) is 0 Å². The molecule has 0 radical (unpaired) electrons. The third-order valence-electron chi connectivity index (χ3n) is 0.749. The van der Waals surface area contributed by atoms with Crippen molar-refractivity contribution in [2.75, 3.05) is 0 Å². The van der Waals surface area contributed by atoms with Crippen molar-refractivity contribution in [2.24, 2.45) is 0 Å². The Hall–Kier alpha value is -1.05. The molecule has 7 heavy (non-hydrogen) atoms. The molecule has 0 spiro atoms. The van der Waals surface area contributed by atoms with E-state index in [1.807, 2.05) is 0 Å². The van der Waals surface area contributed by atoms with Crippen molar-refractivity contribution in [3.8, 4) is 0 Å². The van der Waals surface area contributed by atoms with Gasteiger partial charge < -0.3 is 0 Å². The molecule has 0 saturated heterocycles. The Morgan fingerprint density at radius 1 is 1.29 bits per heavy atom. The van der Waals surface area contributed by atoms with E-state index in [0.717, 1.165) is 6.41 Å². The molecule has 1 rings (SSSR count). The monoisotopic (exact) mass is 95.0 g/mol. The summed E-state index contributed by atoms with van der Waals surface area (Å²) < 4.78 is 1.44. The second-order valence-corrected chi connectivity index (χ2v) is 1.24. The normalized spacial score (nSPS) is 8.57. The molecule has 0 amide bonds. The molecular formula is C5H5NO. The first-order valence-corrected chi connectivity index (χ1v) is 2.01. The average molecular weight is 95.1 g/mol. The van der Waals surface area contributed by atoms with Gasteiger partial charge in [0.15, 0.2) is 0 Å². The van der Waals surface area contributed by atoms with Crippen LogP contribution in [0.15, 0.2) is 24.5 Å². The van der Waals surface area contributed by atoms with Crippen LogP contribution in [0.5, 0.6) is 0 Å². The number of aromatic nitrogens is 1. The molecule has 0 N–H and O–H groups in total. The molecule has 0 atom stereocenters. The van der Waals surface area contributed by atoms with Gasteiger partial charge in [-0.1, -0.05) is 0 Å². The molecule has 36 valence electrons. The molecule has 1 heterocycles. The Labute approximate surface area is 41.4 Å². The van der Waals surface area contributed by atoms with Gasteiger partial charge >= 0.3 is 0 Å². The first kappa shape index (κ1) is 4.12. The third kappa shape index (κ3) is 0.682. The Balaban J connectivity index is 2.96. The lowest BCUT2D eigenvalue weighted by atomic mass is 10.7. The highest BCUT2D eigenvalue weighted by Gasteiger charge is 1.75. The molecule has 0 unspecified atom stereocenters. The van der Waals surface area contributed by atoms with E-state index >= 15 is 0 Å². The van der Waals surface area contributed by atoms with E-state index < -0.39 is 0 Å². The van der Waals surface area contributed by atoms with E-state index in [9.17, 15) is 4.79 Å². The largest absolute Gasteiger partial charge is 0.297 e. The van der Waals surface area contributed by atoms with E-state index in [4.69, 9.17) is 0 Å². The minimum Gasteiger partial charge on any atom is -0.297 e. The fourth-order valence-corrected chi connectivity index (χ4v) is 0.418. The summed E-state index contributed by atoms with van der Waals surface area (Å²) in [6.45, 7) is 0. The van der Waals surface area contributed by atoms with Crippen molar-refractivity contribution in [1.29, 1.82) is 0 Å². The van der Waals surface area contributed by atoms with Crippen LogP contribution in [0.4, 0.5) is 0 Å². The summed E-state index contributed by atoms with van der Waals surface area (Å²) in [7, 11) is 0. The molecular weight excluding hydrogens is 90.1 g/mol. The van der Waals surface area contributed by atoms with Crippen molar-refractivity contribution in [3.05, 3.63) is 24.5 Å². The zero-order valence-electron chi connectivity index (χ0n) is 3.74. The van der Waals surface area contributed by atoms with Crippen molar-refractivity contribution in [1.82, 2.24) is 4.57 Å². The van der Waals surface area contributed by atoms with Crippen LogP contribution in [0.25, 0.3) is 0 Å². The van der Waals surface area contributed by atoms with Crippen molar-refractivity contribution in [3.63, 3.8) is 0 Å². The van der Waals surface area contributed by atoms with Gasteiger partial charge in [-0.15, -0.1) is 0 Å². The van der Waals surface area contributed by atoms with Gasteiger partial charge in [-0.25, -0.2) is 0 Å². The lowest BCUT2D eigenvalue weighted by Gasteiger charge is -1.77. The van der Waals surface area contributed by atoms with Crippen molar-refractivity contribution >= 4 is 6.41 Å². The molecule has 0 aliphatic heterocycles. The SMILES string of the molecule is O=Cn1cccc1. The quantitative estimate of drug-likeness (QED) is 0.466. The van der Waals surface area contributed by atoms with Crippen LogP contribution in [-0.4, -0.2) is 11.0 Å². The van der Waals surface area contributed by atoms with Crippen LogP contribution < -0.4 is 0 Å². The summed E-state index contributed by atoms with van der Waals surface area (Å²) in [6.07, 6.45) is 4.12. The Bertz CT molecular complexity index is 143. The molecule has 0 aromatic carbocycles. The molecule has 0 saturated carbocycles. The fourth-order valence-electron chi connectivity index (χ4n) is 0.418. The first-order chi connectivity index (χ1) is 3.43. The number of nitrogens with zero attached hydrogens (tertiary/aromatic N) is 1. The maximum Gasteiger partial charge on any atom is 0.217 e. The van der Waals surface area contributed by atoms with Gasteiger partial charge in [0, 0.05) is 12.4 Å². The van der Waals surface area contributed by atoms with Gasteiger partial charge in [0.2, 0.25) is 6.41 Å². The van der Waals surface area contributed by atoms with E-state index in [1.54, 1.807) is 24.5 Å². The molecule has 0 bridgehead atoms. The summed E-state index contributed by atoms with van der Waals surface area (Å²) in [5.41, 5.74) is 0. The molecule has 1 aromatic heterocycles. The highest BCUT2D eigenvalue weighted by atomic mass is 16.1. The van der Waals surface area contributed by atoms with Crippen LogP contribution in [0.2, 0.25) is 0 Å². The zero-order chi connectivity index (χ0) is 5.11. The maximum absolute atomic E-state index is 9.83. The van der Waals surface area contributed by atoms with Gasteiger partial charge in [-0.05, 0) is 12.1 Å². The lowest BCUT2D eigenvalue weighted by molar-refractivity contribution is 0.547. The lowest BCUT2D eigenvalue weighted by Crippen LogP contribution is -1.85. The highest BCUT2D eigenvalue weighted by Crippen LogP contribution is 1.81.